The maximum absolute atomic E-state index is 5.95. The summed E-state index contributed by atoms with van der Waals surface area (Å²) in [7, 11) is 0. The van der Waals surface area contributed by atoms with Gasteiger partial charge in [0.15, 0.2) is 0 Å². The maximum Gasteiger partial charge on any atom is 0.120 e. The second kappa shape index (κ2) is 5.10. The standard InChI is InChI=1S/C10H14ClNO/c1-2-5-13-9-4-3-8(7-12)10(11)6-9/h3-4,6H,2,5,7,12H2,1H3. The van der Waals surface area contributed by atoms with Gasteiger partial charge < -0.3 is 10.5 Å². The van der Waals surface area contributed by atoms with E-state index in [1.165, 1.54) is 0 Å². The van der Waals surface area contributed by atoms with Crippen LogP contribution >= 0.6 is 11.6 Å². The molecule has 0 spiro atoms. The Balaban J connectivity index is 2.71. The number of rotatable bonds is 4. The minimum absolute atomic E-state index is 0.465. The highest BCUT2D eigenvalue weighted by Crippen LogP contribution is 2.22. The van der Waals surface area contributed by atoms with Crippen molar-refractivity contribution in [3.8, 4) is 5.75 Å². The fraction of sp³-hybridized carbons (Fsp3) is 0.400. The van der Waals surface area contributed by atoms with Crippen LogP contribution in [0.3, 0.4) is 0 Å². The summed E-state index contributed by atoms with van der Waals surface area (Å²) in [5, 5.41) is 0.677. The van der Waals surface area contributed by atoms with Gasteiger partial charge >= 0.3 is 0 Å². The Labute approximate surface area is 83.6 Å². The van der Waals surface area contributed by atoms with Crippen molar-refractivity contribution in [1.82, 2.24) is 0 Å². The smallest absolute Gasteiger partial charge is 0.120 e. The van der Waals surface area contributed by atoms with Crippen LogP contribution in [0.5, 0.6) is 5.75 Å². The van der Waals surface area contributed by atoms with Crippen LogP contribution in [0, 0.1) is 0 Å². The van der Waals surface area contributed by atoms with E-state index in [2.05, 4.69) is 6.92 Å². The van der Waals surface area contributed by atoms with Crippen LogP contribution in [-0.4, -0.2) is 6.61 Å². The van der Waals surface area contributed by atoms with Crippen molar-refractivity contribution in [1.29, 1.82) is 0 Å². The molecule has 1 rings (SSSR count). The van der Waals surface area contributed by atoms with Crippen LogP contribution in [0.4, 0.5) is 0 Å². The molecule has 0 bridgehead atoms. The van der Waals surface area contributed by atoms with Gasteiger partial charge in [-0.15, -0.1) is 0 Å². The minimum Gasteiger partial charge on any atom is -0.494 e. The summed E-state index contributed by atoms with van der Waals surface area (Å²) in [6, 6.07) is 5.59. The zero-order valence-electron chi connectivity index (χ0n) is 7.72. The second-order valence-corrected chi connectivity index (χ2v) is 3.21. The van der Waals surface area contributed by atoms with Crippen LogP contribution in [0.1, 0.15) is 18.9 Å². The summed E-state index contributed by atoms with van der Waals surface area (Å²) in [6.07, 6.45) is 0.996. The monoisotopic (exact) mass is 199 g/mol. The molecular weight excluding hydrogens is 186 g/mol. The van der Waals surface area contributed by atoms with Crippen molar-refractivity contribution < 1.29 is 4.74 Å². The van der Waals surface area contributed by atoms with E-state index in [0.717, 1.165) is 24.3 Å². The molecule has 0 saturated carbocycles. The fourth-order valence-corrected chi connectivity index (χ4v) is 1.25. The molecule has 0 aliphatic carbocycles. The Morgan fingerprint density at radius 2 is 2.23 bits per heavy atom. The molecule has 0 fully saturated rings. The Morgan fingerprint density at radius 3 is 2.77 bits per heavy atom. The van der Waals surface area contributed by atoms with Crippen LogP contribution in [0.15, 0.2) is 18.2 Å². The van der Waals surface area contributed by atoms with E-state index >= 15 is 0 Å². The molecule has 2 N–H and O–H groups in total. The van der Waals surface area contributed by atoms with Gasteiger partial charge in [0.2, 0.25) is 0 Å². The predicted molar refractivity (Wildman–Crippen MR) is 55.1 cm³/mol. The van der Waals surface area contributed by atoms with E-state index in [9.17, 15) is 0 Å². The number of benzene rings is 1. The number of hydrogen-bond acceptors (Lipinski definition) is 2. The molecule has 1 aromatic rings. The molecule has 0 heterocycles. The lowest BCUT2D eigenvalue weighted by Gasteiger charge is -2.06. The molecule has 0 aliphatic rings. The zero-order chi connectivity index (χ0) is 9.68. The number of nitrogens with two attached hydrogens (primary N) is 1. The third kappa shape index (κ3) is 2.90. The maximum atomic E-state index is 5.95. The van der Waals surface area contributed by atoms with Crippen molar-refractivity contribution in [3.63, 3.8) is 0 Å². The SMILES string of the molecule is CCCOc1ccc(CN)c(Cl)c1. The van der Waals surface area contributed by atoms with Gasteiger partial charge in [-0.25, -0.2) is 0 Å². The van der Waals surface area contributed by atoms with E-state index < -0.39 is 0 Å². The normalized spacial score (nSPS) is 10.1. The molecule has 0 atom stereocenters. The Hall–Kier alpha value is -0.730. The lowest BCUT2D eigenvalue weighted by Crippen LogP contribution is -1.99. The molecular formula is C10H14ClNO. The second-order valence-electron chi connectivity index (χ2n) is 2.81. The van der Waals surface area contributed by atoms with Crippen molar-refractivity contribution in [2.75, 3.05) is 6.61 Å². The highest BCUT2D eigenvalue weighted by atomic mass is 35.5. The van der Waals surface area contributed by atoms with Gasteiger partial charge in [0, 0.05) is 11.6 Å². The Bertz CT molecular complexity index is 276. The molecule has 72 valence electrons. The Kier molecular flexibility index (Phi) is 4.06. The molecule has 0 unspecified atom stereocenters. The molecule has 3 heteroatoms. The van der Waals surface area contributed by atoms with Crippen molar-refractivity contribution >= 4 is 11.6 Å². The number of halogens is 1. The number of ether oxygens (including phenoxy) is 1. The lowest BCUT2D eigenvalue weighted by atomic mass is 10.2. The molecule has 2 nitrogen and oxygen atoms in total. The molecule has 0 radical (unpaired) electrons. The minimum atomic E-state index is 0.465. The van der Waals surface area contributed by atoms with Gasteiger partial charge in [-0.3, -0.25) is 0 Å². The molecule has 0 aromatic heterocycles. The molecule has 0 saturated heterocycles. The first-order chi connectivity index (χ1) is 6.27. The zero-order valence-corrected chi connectivity index (χ0v) is 8.47. The summed E-state index contributed by atoms with van der Waals surface area (Å²) in [5.41, 5.74) is 6.43. The number of hydrogen-bond donors (Lipinski definition) is 1. The van der Waals surface area contributed by atoms with Gasteiger partial charge in [0.1, 0.15) is 5.75 Å². The van der Waals surface area contributed by atoms with Crippen LogP contribution in [0.2, 0.25) is 5.02 Å². The highest BCUT2D eigenvalue weighted by molar-refractivity contribution is 6.31. The molecule has 1 aromatic carbocycles. The first kappa shape index (κ1) is 10.4. The first-order valence-electron chi connectivity index (χ1n) is 4.39. The van der Waals surface area contributed by atoms with Gasteiger partial charge in [-0.05, 0) is 24.1 Å². The van der Waals surface area contributed by atoms with E-state index in [-0.39, 0.29) is 0 Å². The van der Waals surface area contributed by atoms with E-state index in [0.29, 0.717) is 11.6 Å². The van der Waals surface area contributed by atoms with Crippen molar-refractivity contribution in [2.24, 2.45) is 5.73 Å². The average Bonchev–Trinajstić information content (AvgIpc) is 2.15. The summed E-state index contributed by atoms with van der Waals surface area (Å²) in [5.74, 6) is 0.809. The lowest BCUT2D eigenvalue weighted by molar-refractivity contribution is 0.317. The quantitative estimate of drug-likeness (QED) is 0.809. The third-order valence-electron chi connectivity index (χ3n) is 1.72. The summed E-state index contributed by atoms with van der Waals surface area (Å²) < 4.78 is 5.41. The summed E-state index contributed by atoms with van der Waals surface area (Å²) >= 11 is 5.95. The first-order valence-corrected chi connectivity index (χ1v) is 4.77. The average molecular weight is 200 g/mol. The van der Waals surface area contributed by atoms with E-state index in [4.69, 9.17) is 22.1 Å². The summed E-state index contributed by atoms with van der Waals surface area (Å²) in [4.78, 5) is 0. The van der Waals surface area contributed by atoms with Crippen LogP contribution < -0.4 is 10.5 Å². The highest BCUT2D eigenvalue weighted by Gasteiger charge is 2.00. The van der Waals surface area contributed by atoms with Crippen LogP contribution in [-0.2, 0) is 6.54 Å². The van der Waals surface area contributed by atoms with Gasteiger partial charge in [0.05, 0.1) is 6.61 Å². The topological polar surface area (TPSA) is 35.2 Å². The van der Waals surface area contributed by atoms with E-state index in [1.807, 2.05) is 12.1 Å². The van der Waals surface area contributed by atoms with Gasteiger partial charge in [-0.1, -0.05) is 24.6 Å². The van der Waals surface area contributed by atoms with Gasteiger partial charge in [0.25, 0.3) is 0 Å². The van der Waals surface area contributed by atoms with Crippen LogP contribution in [0.25, 0.3) is 0 Å². The van der Waals surface area contributed by atoms with Crippen molar-refractivity contribution in [3.05, 3.63) is 28.8 Å². The van der Waals surface area contributed by atoms with Gasteiger partial charge in [-0.2, -0.15) is 0 Å². The summed E-state index contributed by atoms with van der Waals surface area (Å²) in [6.45, 7) is 3.25. The van der Waals surface area contributed by atoms with E-state index in [1.54, 1.807) is 6.07 Å². The molecule has 0 aliphatic heterocycles. The molecule has 0 amide bonds. The fourth-order valence-electron chi connectivity index (χ4n) is 1.00. The van der Waals surface area contributed by atoms with Crippen molar-refractivity contribution in [2.45, 2.75) is 19.9 Å². The predicted octanol–water partition coefficient (Wildman–Crippen LogP) is 2.59. The third-order valence-corrected chi connectivity index (χ3v) is 2.07. The Morgan fingerprint density at radius 1 is 1.46 bits per heavy atom. The largest absolute Gasteiger partial charge is 0.494 e. The molecule has 13 heavy (non-hydrogen) atoms.